The zero-order valence-electron chi connectivity index (χ0n) is 17.2. The highest BCUT2D eigenvalue weighted by molar-refractivity contribution is 9.10. The second kappa shape index (κ2) is 11.3. The van der Waals surface area contributed by atoms with E-state index in [2.05, 4.69) is 15.9 Å². The normalized spacial score (nSPS) is 10.5. The van der Waals surface area contributed by atoms with E-state index in [-0.39, 0.29) is 18.9 Å². The Kier molecular flexibility index (Phi) is 8.24. The molecule has 0 unspecified atom stereocenters. The maximum absolute atomic E-state index is 13.4. The lowest BCUT2D eigenvalue weighted by Gasteiger charge is -2.24. The highest BCUT2D eigenvalue weighted by atomic mass is 79.9. The second-order valence-electron chi connectivity index (χ2n) is 7.15. The number of hydrogen-bond donors (Lipinski definition) is 1. The minimum Gasteiger partial charge on any atom is -0.492 e. The van der Waals surface area contributed by atoms with Crippen LogP contribution >= 0.6 is 15.9 Å². The van der Waals surface area contributed by atoms with Crippen molar-refractivity contribution in [3.63, 3.8) is 0 Å². The maximum Gasteiger partial charge on any atom is 0.257 e. The molecule has 5 nitrogen and oxygen atoms in total. The van der Waals surface area contributed by atoms with E-state index in [4.69, 9.17) is 10.5 Å². The average molecular weight is 481 g/mol. The van der Waals surface area contributed by atoms with Crippen molar-refractivity contribution in [2.45, 2.75) is 19.4 Å². The number of carbonyl (C=O) groups is 2. The summed E-state index contributed by atoms with van der Waals surface area (Å²) in [7, 11) is 0. The summed E-state index contributed by atoms with van der Waals surface area (Å²) in [5.74, 6) is -0.137. The standard InChI is InChI=1S/C25H25BrN2O3/c26-21-11-12-23(31-16-14-19-7-3-1-4-8-19)22(17-21)25(30)28(15-13-24(27)29)18-20-9-5-2-6-10-20/h1-12,17H,13-16,18H2,(H2,27,29). The smallest absolute Gasteiger partial charge is 0.257 e. The third-order valence-electron chi connectivity index (χ3n) is 4.79. The maximum atomic E-state index is 13.4. The van der Waals surface area contributed by atoms with Gasteiger partial charge in [-0.1, -0.05) is 76.6 Å². The molecule has 0 saturated heterocycles. The molecular formula is C25H25BrN2O3. The van der Waals surface area contributed by atoms with Crippen molar-refractivity contribution in [2.75, 3.05) is 13.2 Å². The van der Waals surface area contributed by atoms with E-state index in [1.165, 1.54) is 5.56 Å². The van der Waals surface area contributed by atoms with Gasteiger partial charge in [0.2, 0.25) is 5.91 Å². The first-order valence-corrected chi connectivity index (χ1v) is 10.9. The molecule has 0 fully saturated rings. The molecule has 160 valence electrons. The van der Waals surface area contributed by atoms with Gasteiger partial charge >= 0.3 is 0 Å². The van der Waals surface area contributed by atoms with Crippen LogP contribution in [0.1, 0.15) is 27.9 Å². The Balaban J connectivity index is 1.78. The molecule has 0 spiro atoms. The van der Waals surface area contributed by atoms with Gasteiger partial charge in [0.15, 0.2) is 0 Å². The lowest BCUT2D eigenvalue weighted by atomic mass is 10.1. The van der Waals surface area contributed by atoms with Gasteiger partial charge in [0.05, 0.1) is 12.2 Å². The van der Waals surface area contributed by atoms with Crippen molar-refractivity contribution in [1.82, 2.24) is 4.90 Å². The predicted molar refractivity (Wildman–Crippen MR) is 125 cm³/mol. The number of nitrogens with two attached hydrogens (primary N) is 1. The molecule has 0 atom stereocenters. The molecule has 0 aliphatic carbocycles. The Morgan fingerprint density at radius 3 is 2.19 bits per heavy atom. The Hall–Kier alpha value is -3.12. The van der Waals surface area contributed by atoms with E-state index < -0.39 is 5.91 Å². The van der Waals surface area contributed by atoms with Crippen molar-refractivity contribution >= 4 is 27.7 Å². The molecule has 0 aliphatic rings. The highest BCUT2D eigenvalue weighted by Crippen LogP contribution is 2.26. The van der Waals surface area contributed by atoms with E-state index in [1.54, 1.807) is 17.0 Å². The first-order valence-electron chi connectivity index (χ1n) is 10.1. The van der Waals surface area contributed by atoms with Gasteiger partial charge in [0.1, 0.15) is 5.75 Å². The van der Waals surface area contributed by atoms with E-state index in [0.717, 1.165) is 16.5 Å². The van der Waals surface area contributed by atoms with Crippen molar-refractivity contribution in [2.24, 2.45) is 5.73 Å². The average Bonchev–Trinajstić information content (AvgIpc) is 2.78. The molecule has 3 aromatic rings. The van der Waals surface area contributed by atoms with E-state index in [1.807, 2.05) is 66.7 Å². The number of rotatable bonds is 10. The number of carbonyl (C=O) groups excluding carboxylic acids is 2. The molecule has 6 heteroatoms. The lowest BCUT2D eigenvalue weighted by Crippen LogP contribution is -2.34. The van der Waals surface area contributed by atoms with Crippen LogP contribution in [0.15, 0.2) is 83.3 Å². The lowest BCUT2D eigenvalue weighted by molar-refractivity contribution is -0.118. The van der Waals surface area contributed by atoms with Crippen LogP contribution in [0.4, 0.5) is 0 Å². The minimum atomic E-state index is -0.445. The van der Waals surface area contributed by atoms with Crippen LogP contribution in [0.25, 0.3) is 0 Å². The number of hydrogen-bond acceptors (Lipinski definition) is 3. The molecule has 0 radical (unpaired) electrons. The van der Waals surface area contributed by atoms with Gasteiger partial charge in [-0.3, -0.25) is 9.59 Å². The van der Waals surface area contributed by atoms with E-state index in [9.17, 15) is 9.59 Å². The van der Waals surface area contributed by atoms with Gasteiger partial charge in [-0.05, 0) is 29.3 Å². The Labute approximate surface area is 191 Å². The fourth-order valence-corrected chi connectivity index (χ4v) is 3.55. The molecule has 31 heavy (non-hydrogen) atoms. The van der Waals surface area contributed by atoms with Crippen molar-refractivity contribution < 1.29 is 14.3 Å². The van der Waals surface area contributed by atoms with Crippen LogP contribution in [0.5, 0.6) is 5.75 Å². The first kappa shape index (κ1) is 22.6. The Morgan fingerprint density at radius 2 is 1.55 bits per heavy atom. The number of benzene rings is 3. The zero-order valence-corrected chi connectivity index (χ0v) is 18.8. The summed E-state index contributed by atoms with van der Waals surface area (Å²) in [6.45, 7) is 1.06. The Morgan fingerprint density at radius 1 is 0.903 bits per heavy atom. The topological polar surface area (TPSA) is 72.6 Å². The summed E-state index contributed by atoms with van der Waals surface area (Å²) in [4.78, 5) is 26.4. The minimum absolute atomic E-state index is 0.0940. The van der Waals surface area contributed by atoms with Gasteiger partial charge < -0.3 is 15.4 Å². The van der Waals surface area contributed by atoms with Crippen LogP contribution in [-0.2, 0) is 17.8 Å². The van der Waals surface area contributed by atoms with Crippen LogP contribution in [0, 0.1) is 0 Å². The van der Waals surface area contributed by atoms with Crippen molar-refractivity contribution in [3.8, 4) is 5.75 Å². The monoisotopic (exact) mass is 480 g/mol. The predicted octanol–water partition coefficient (Wildman–Crippen LogP) is 4.59. The van der Waals surface area contributed by atoms with Crippen LogP contribution in [0.3, 0.4) is 0 Å². The molecule has 0 bridgehead atoms. The zero-order chi connectivity index (χ0) is 22.1. The third kappa shape index (κ3) is 6.96. The SMILES string of the molecule is NC(=O)CCN(Cc1ccccc1)C(=O)c1cc(Br)ccc1OCCc1ccccc1. The number of halogens is 1. The quantitative estimate of drug-likeness (QED) is 0.461. The molecule has 3 rings (SSSR count). The summed E-state index contributed by atoms with van der Waals surface area (Å²) in [5.41, 5.74) is 7.93. The number of nitrogens with zero attached hydrogens (tertiary/aromatic N) is 1. The van der Waals surface area contributed by atoms with Crippen molar-refractivity contribution in [3.05, 3.63) is 100 Å². The number of amides is 2. The molecule has 0 saturated carbocycles. The van der Waals surface area contributed by atoms with Crippen LogP contribution in [-0.4, -0.2) is 29.9 Å². The van der Waals surface area contributed by atoms with Gasteiger partial charge in [-0.2, -0.15) is 0 Å². The third-order valence-corrected chi connectivity index (χ3v) is 5.29. The van der Waals surface area contributed by atoms with Gasteiger partial charge in [0, 0.05) is 30.4 Å². The molecule has 0 aromatic heterocycles. The molecule has 0 heterocycles. The second-order valence-corrected chi connectivity index (χ2v) is 8.07. The summed E-state index contributed by atoms with van der Waals surface area (Å²) in [6, 6.07) is 25.1. The molecule has 0 aliphatic heterocycles. The van der Waals surface area contributed by atoms with Gasteiger partial charge in [-0.25, -0.2) is 0 Å². The largest absolute Gasteiger partial charge is 0.492 e. The van der Waals surface area contributed by atoms with Crippen LogP contribution in [0.2, 0.25) is 0 Å². The van der Waals surface area contributed by atoms with E-state index >= 15 is 0 Å². The molecule has 2 amide bonds. The summed E-state index contributed by atoms with van der Waals surface area (Å²) in [5, 5.41) is 0. The van der Waals surface area contributed by atoms with Crippen LogP contribution < -0.4 is 10.5 Å². The summed E-state index contributed by atoms with van der Waals surface area (Å²) in [6.07, 6.45) is 0.830. The molecule has 3 aromatic carbocycles. The summed E-state index contributed by atoms with van der Waals surface area (Å²) < 4.78 is 6.76. The Bertz CT molecular complexity index is 1010. The van der Waals surface area contributed by atoms with E-state index in [0.29, 0.717) is 24.5 Å². The summed E-state index contributed by atoms with van der Waals surface area (Å²) >= 11 is 3.45. The van der Waals surface area contributed by atoms with Crippen molar-refractivity contribution in [1.29, 1.82) is 0 Å². The fraction of sp³-hybridized carbons (Fsp3) is 0.200. The fourth-order valence-electron chi connectivity index (χ4n) is 3.19. The van der Waals surface area contributed by atoms with Gasteiger partial charge in [0.25, 0.3) is 5.91 Å². The highest BCUT2D eigenvalue weighted by Gasteiger charge is 2.21. The van der Waals surface area contributed by atoms with Gasteiger partial charge in [-0.15, -0.1) is 0 Å². The number of primary amides is 1. The molecular weight excluding hydrogens is 456 g/mol. The number of ether oxygens (including phenoxy) is 1. The molecule has 2 N–H and O–H groups in total. The first-order chi connectivity index (χ1) is 15.0.